The number of halogens is 1. The highest BCUT2D eigenvalue weighted by Gasteiger charge is 2.22. The van der Waals surface area contributed by atoms with Gasteiger partial charge in [0.2, 0.25) is 10.0 Å². The summed E-state index contributed by atoms with van der Waals surface area (Å²) < 4.78 is 51.8. The minimum Gasteiger partial charge on any atom is -0.497 e. The van der Waals surface area contributed by atoms with Crippen LogP contribution in [0, 0.1) is 5.82 Å². The van der Waals surface area contributed by atoms with Gasteiger partial charge in [-0.15, -0.1) is 0 Å². The Kier molecular flexibility index (Phi) is 7.21. The van der Waals surface area contributed by atoms with E-state index in [1.807, 2.05) is 0 Å². The molecule has 0 saturated heterocycles. The number of hydrogen-bond donors (Lipinski definition) is 2. The molecule has 2 aromatic carbocycles. The van der Waals surface area contributed by atoms with Gasteiger partial charge in [0.05, 0.1) is 30.7 Å². The number of benzene rings is 2. The van der Waals surface area contributed by atoms with Crippen molar-refractivity contribution >= 4 is 15.9 Å². The Balaban J connectivity index is 2.33. The summed E-state index contributed by atoms with van der Waals surface area (Å²) in [6, 6.07) is 7.31. The van der Waals surface area contributed by atoms with Gasteiger partial charge in [0.25, 0.3) is 5.91 Å². The van der Waals surface area contributed by atoms with Crippen molar-refractivity contribution in [3.8, 4) is 11.5 Å². The van der Waals surface area contributed by atoms with Gasteiger partial charge in [-0.2, -0.15) is 0 Å². The number of hydrogen-bond acceptors (Lipinski definition) is 5. The number of ether oxygens (including phenoxy) is 2. The molecule has 2 N–H and O–H groups in total. The Morgan fingerprint density at radius 3 is 2.31 bits per heavy atom. The molecule has 158 valence electrons. The Hall–Kier alpha value is -2.65. The third kappa shape index (κ3) is 5.45. The van der Waals surface area contributed by atoms with Gasteiger partial charge in [-0.1, -0.05) is 0 Å². The molecule has 2 rings (SSSR count). The van der Waals surface area contributed by atoms with Crippen molar-refractivity contribution in [3.05, 3.63) is 53.3 Å². The molecule has 1 atom stereocenters. The molecule has 9 heteroatoms. The van der Waals surface area contributed by atoms with Crippen LogP contribution >= 0.6 is 0 Å². The molecule has 0 radical (unpaired) electrons. The minimum absolute atomic E-state index is 0.190. The van der Waals surface area contributed by atoms with Gasteiger partial charge in [0, 0.05) is 11.6 Å². The molecule has 0 heterocycles. The van der Waals surface area contributed by atoms with E-state index in [2.05, 4.69) is 10.0 Å². The molecule has 0 aliphatic heterocycles. The van der Waals surface area contributed by atoms with Gasteiger partial charge in [-0.05, 0) is 57.2 Å². The highest BCUT2D eigenvalue weighted by molar-refractivity contribution is 7.89. The molecule has 0 aromatic heterocycles. The molecule has 0 bridgehead atoms. The largest absolute Gasteiger partial charge is 0.497 e. The van der Waals surface area contributed by atoms with E-state index in [4.69, 9.17) is 9.47 Å². The van der Waals surface area contributed by atoms with E-state index in [0.29, 0.717) is 17.1 Å². The maximum atomic E-state index is 14.3. The summed E-state index contributed by atoms with van der Waals surface area (Å²) in [6.45, 7) is 5.03. The zero-order chi connectivity index (χ0) is 21.8. The second kappa shape index (κ2) is 9.23. The average molecular weight is 424 g/mol. The fraction of sp³-hybridized carbons (Fsp3) is 0.350. The van der Waals surface area contributed by atoms with Gasteiger partial charge in [0.15, 0.2) is 0 Å². The van der Waals surface area contributed by atoms with E-state index < -0.39 is 27.8 Å². The van der Waals surface area contributed by atoms with Crippen LogP contribution in [0.1, 0.15) is 42.7 Å². The van der Waals surface area contributed by atoms with Crippen molar-refractivity contribution < 1.29 is 27.1 Å². The number of sulfonamides is 1. The maximum absolute atomic E-state index is 14.3. The van der Waals surface area contributed by atoms with Crippen LogP contribution < -0.4 is 19.5 Å². The quantitative estimate of drug-likeness (QED) is 0.679. The van der Waals surface area contributed by atoms with E-state index >= 15 is 0 Å². The number of nitrogens with one attached hydrogen (secondary N) is 2. The second-order valence-corrected chi connectivity index (χ2v) is 8.43. The van der Waals surface area contributed by atoms with Crippen LogP contribution in [-0.4, -0.2) is 34.6 Å². The summed E-state index contributed by atoms with van der Waals surface area (Å²) in [4.78, 5) is 12.5. The van der Waals surface area contributed by atoms with Gasteiger partial charge in [-0.25, -0.2) is 17.5 Å². The summed E-state index contributed by atoms with van der Waals surface area (Å²) in [5.41, 5.74) is 0.260. The van der Waals surface area contributed by atoms with E-state index in [1.54, 1.807) is 39.0 Å². The highest BCUT2D eigenvalue weighted by atomic mass is 32.2. The number of carbonyl (C=O) groups is 1. The zero-order valence-corrected chi connectivity index (χ0v) is 17.8. The molecule has 7 nitrogen and oxygen atoms in total. The van der Waals surface area contributed by atoms with Crippen LogP contribution in [0.2, 0.25) is 0 Å². The first-order valence-electron chi connectivity index (χ1n) is 8.93. The monoisotopic (exact) mass is 424 g/mol. The van der Waals surface area contributed by atoms with Gasteiger partial charge >= 0.3 is 0 Å². The van der Waals surface area contributed by atoms with Crippen molar-refractivity contribution in [2.24, 2.45) is 0 Å². The smallest absolute Gasteiger partial charge is 0.254 e. The number of amides is 1. The fourth-order valence-electron chi connectivity index (χ4n) is 2.75. The van der Waals surface area contributed by atoms with Crippen LogP contribution in [0.25, 0.3) is 0 Å². The zero-order valence-electron chi connectivity index (χ0n) is 16.9. The Morgan fingerprint density at radius 1 is 1.03 bits per heavy atom. The number of rotatable bonds is 8. The first-order chi connectivity index (χ1) is 13.6. The summed E-state index contributed by atoms with van der Waals surface area (Å²) >= 11 is 0. The summed E-state index contributed by atoms with van der Waals surface area (Å²) in [5, 5.41) is 2.67. The van der Waals surface area contributed by atoms with Crippen molar-refractivity contribution in [2.75, 3.05) is 14.2 Å². The van der Waals surface area contributed by atoms with Gasteiger partial charge in [-0.3, -0.25) is 4.79 Å². The molecule has 0 spiro atoms. The maximum Gasteiger partial charge on any atom is 0.254 e. The topological polar surface area (TPSA) is 93.7 Å². The third-order valence-electron chi connectivity index (χ3n) is 4.13. The average Bonchev–Trinajstić information content (AvgIpc) is 2.66. The SMILES string of the molecule is COc1ccc(OC)c(C(C)NC(=O)c2cc(S(=O)(=O)NC(C)C)ccc2F)c1. The first kappa shape index (κ1) is 22.6. The number of methoxy groups -OCH3 is 2. The van der Waals surface area contributed by atoms with Crippen LogP contribution in [0.4, 0.5) is 4.39 Å². The molecule has 0 fully saturated rings. The Morgan fingerprint density at radius 2 is 1.72 bits per heavy atom. The Labute approximate surface area is 170 Å². The Bertz CT molecular complexity index is 992. The fourth-order valence-corrected chi connectivity index (χ4v) is 4.03. The normalized spacial score (nSPS) is 12.5. The van der Waals surface area contributed by atoms with E-state index in [-0.39, 0.29) is 16.5 Å². The predicted octanol–water partition coefficient (Wildman–Crippen LogP) is 3.02. The van der Waals surface area contributed by atoms with Crippen molar-refractivity contribution in [2.45, 2.75) is 37.8 Å². The van der Waals surface area contributed by atoms with Gasteiger partial charge < -0.3 is 14.8 Å². The molecule has 0 aliphatic carbocycles. The van der Waals surface area contributed by atoms with E-state index in [0.717, 1.165) is 18.2 Å². The van der Waals surface area contributed by atoms with Crippen LogP contribution in [0.3, 0.4) is 0 Å². The molecule has 1 unspecified atom stereocenters. The molecule has 29 heavy (non-hydrogen) atoms. The molecular weight excluding hydrogens is 399 g/mol. The standard InChI is InChI=1S/C20H25FN2O5S/c1-12(2)23-29(25,26)15-7-8-18(21)17(11-15)20(24)22-13(3)16-10-14(27-4)6-9-19(16)28-5/h6-13,23H,1-5H3,(H,22,24). The second-order valence-electron chi connectivity index (χ2n) is 6.72. The lowest BCUT2D eigenvalue weighted by atomic mass is 10.1. The lowest BCUT2D eigenvalue weighted by Gasteiger charge is -2.19. The first-order valence-corrected chi connectivity index (χ1v) is 10.4. The lowest BCUT2D eigenvalue weighted by molar-refractivity contribution is 0.0935. The van der Waals surface area contributed by atoms with Gasteiger partial charge in [0.1, 0.15) is 17.3 Å². The predicted molar refractivity (Wildman–Crippen MR) is 107 cm³/mol. The minimum atomic E-state index is -3.87. The van der Waals surface area contributed by atoms with E-state index in [1.165, 1.54) is 14.2 Å². The molecule has 2 aromatic rings. The van der Waals surface area contributed by atoms with Crippen molar-refractivity contribution in [3.63, 3.8) is 0 Å². The molecule has 1 amide bonds. The lowest BCUT2D eigenvalue weighted by Crippen LogP contribution is -2.31. The number of carbonyl (C=O) groups excluding carboxylic acids is 1. The third-order valence-corrected chi connectivity index (χ3v) is 5.79. The van der Waals surface area contributed by atoms with E-state index in [9.17, 15) is 17.6 Å². The summed E-state index contributed by atoms with van der Waals surface area (Å²) in [6.07, 6.45) is 0. The van der Waals surface area contributed by atoms with Crippen molar-refractivity contribution in [1.82, 2.24) is 10.0 Å². The van der Waals surface area contributed by atoms with Crippen LogP contribution in [0.15, 0.2) is 41.3 Å². The van der Waals surface area contributed by atoms with Crippen LogP contribution in [0.5, 0.6) is 11.5 Å². The highest BCUT2D eigenvalue weighted by Crippen LogP contribution is 2.29. The molecule has 0 aliphatic rings. The van der Waals surface area contributed by atoms with Crippen LogP contribution in [-0.2, 0) is 10.0 Å². The molecular formula is C20H25FN2O5S. The summed E-state index contributed by atoms with van der Waals surface area (Å²) in [5.74, 6) is -0.477. The summed E-state index contributed by atoms with van der Waals surface area (Å²) in [7, 11) is -0.855. The molecule has 0 saturated carbocycles. The van der Waals surface area contributed by atoms with Crippen molar-refractivity contribution in [1.29, 1.82) is 0 Å².